The monoisotopic (exact) mass is 471 g/mol. The van der Waals surface area contributed by atoms with Crippen LogP contribution in [0.3, 0.4) is 0 Å². The van der Waals surface area contributed by atoms with Crippen LogP contribution in [0.1, 0.15) is 34.3 Å². The van der Waals surface area contributed by atoms with Crippen molar-refractivity contribution in [3.8, 4) is 16.9 Å². The van der Waals surface area contributed by atoms with Crippen LogP contribution < -0.4 is 15.4 Å². The van der Waals surface area contributed by atoms with Crippen LogP contribution in [0.25, 0.3) is 11.1 Å². The van der Waals surface area contributed by atoms with Gasteiger partial charge in [-0.2, -0.15) is 0 Å². The zero-order valence-corrected chi connectivity index (χ0v) is 19.7. The Kier molecular flexibility index (Phi) is 6.53. The molecule has 1 fully saturated rings. The summed E-state index contributed by atoms with van der Waals surface area (Å²) in [4.78, 5) is 27.5. The van der Waals surface area contributed by atoms with Crippen molar-refractivity contribution < 1.29 is 19.4 Å². The molecule has 1 aliphatic heterocycles. The van der Waals surface area contributed by atoms with E-state index in [0.717, 1.165) is 48.3 Å². The second-order valence-corrected chi connectivity index (χ2v) is 9.02. The predicted octanol–water partition coefficient (Wildman–Crippen LogP) is 3.91. The number of carbonyl (C=O) groups excluding carboxylic acids is 2. The van der Waals surface area contributed by atoms with Crippen molar-refractivity contribution in [3.05, 3.63) is 77.4 Å². The van der Waals surface area contributed by atoms with Crippen molar-refractivity contribution in [1.82, 2.24) is 4.90 Å². The Hall–Kier alpha value is -3.68. The van der Waals surface area contributed by atoms with Crippen LogP contribution in [0.2, 0.25) is 0 Å². The van der Waals surface area contributed by atoms with E-state index in [1.165, 1.54) is 0 Å². The minimum atomic E-state index is -0.0895. The Bertz CT molecular complexity index is 1260. The smallest absolute Gasteiger partial charge is 0.238 e. The Morgan fingerprint density at radius 2 is 1.74 bits per heavy atom. The summed E-state index contributed by atoms with van der Waals surface area (Å²) in [7, 11) is 1.60. The van der Waals surface area contributed by atoms with Gasteiger partial charge in [0.25, 0.3) is 0 Å². The van der Waals surface area contributed by atoms with Crippen molar-refractivity contribution in [2.75, 3.05) is 37.4 Å². The molecule has 0 saturated carbocycles. The standard InChI is InChI=1S/C28H29N3O4/c1-35-26-8-4-7-25(24(26)17-32)29-18-11-13-31(14-12-18)16-27(33)30-19-9-10-22-23(15-19)20-5-2-3-6-21(20)28(22)34/h2-10,15,18,29,32H,11-14,16-17H2,1H3,(H,30,33). The van der Waals surface area contributed by atoms with Gasteiger partial charge in [-0.1, -0.05) is 30.3 Å². The van der Waals surface area contributed by atoms with Crippen LogP contribution in [-0.4, -0.2) is 54.5 Å². The Morgan fingerprint density at radius 3 is 2.49 bits per heavy atom. The van der Waals surface area contributed by atoms with E-state index in [1.54, 1.807) is 19.2 Å². The largest absolute Gasteiger partial charge is 0.496 e. The van der Waals surface area contributed by atoms with Crippen LogP contribution in [0.4, 0.5) is 11.4 Å². The molecule has 3 N–H and O–H groups in total. The number of hydrogen-bond donors (Lipinski definition) is 3. The number of anilines is 2. The zero-order chi connectivity index (χ0) is 24.4. The molecular weight excluding hydrogens is 442 g/mol. The molecule has 1 amide bonds. The van der Waals surface area contributed by atoms with Crippen molar-refractivity contribution in [2.24, 2.45) is 0 Å². The minimum absolute atomic E-state index is 0.0324. The first-order chi connectivity index (χ1) is 17.1. The molecule has 1 aliphatic carbocycles. The molecule has 1 heterocycles. The van der Waals surface area contributed by atoms with Gasteiger partial charge in [-0.3, -0.25) is 14.5 Å². The number of ether oxygens (including phenoxy) is 1. The molecule has 3 aromatic carbocycles. The van der Waals surface area contributed by atoms with E-state index in [9.17, 15) is 14.7 Å². The maximum atomic E-state index is 12.7. The summed E-state index contributed by atoms with van der Waals surface area (Å²) in [6.07, 6.45) is 1.79. The summed E-state index contributed by atoms with van der Waals surface area (Å²) in [6, 6.07) is 19.0. The Labute approximate surface area is 204 Å². The van der Waals surface area contributed by atoms with Crippen molar-refractivity contribution >= 4 is 23.1 Å². The van der Waals surface area contributed by atoms with E-state index < -0.39 is 0 Å². The van der Waals surface area contributed by atoms with Gasteiger partial charge in [0, 0.05) is 47.2 Å². The van der Waals surface area contributed by atoms with Gasteiger partial charge in [0.05, 0.1) is 20.3 Å². The number of rotatable bonds is 7. The third kappa shape index (κ3) is 4.65. The highest BCUT2D eigenvalue weighted by Crippen LogP contribution is 2.37. The lowest BCUT2D eigenvalue weighted by Gasteiger charge is -2.33. The molecule has 0 unspecified atom stereocenters. The average molecular weight is 472 g/mol. The maximum Gasteiger partial charge on any atom is 0.238 e. The summed E-state index contributed by atoms with van der Waals surface area (Å²) < 4.78 is 5.35. The molecule has 1 saturated heterocycles. The van der Waals surface area contributed by atoms with E-state index in [4.69, 9.17) is 4.74 Å². The van der Waals surface area contributed by atoms with E-state index >= 15 is 0 Å². The SMILES string of the molecule is COc1cccc(NC2CCN(CC(=O)Nc3ccc4c(c3)-c3ccccc3C4=O)CC2)c1CO. The fourth-order valence-corrected chi connectivity index (χ4v) is 5.02. The minimum Gasteiger partial charge on any atom is -0.496 e. The molecule has 7 nitrogen and oxygen atoms in total. The lowest BCUT2D eigenvalue weighted by Crippen LogP contribution is -2.42. The van der Waals surface area contributed by atoms with Crippen molar-refractivity contribution in [2.45, 2.75) is 25.5 Å². The van der Waals surface area contributed by atoms with Crippen molar-refractivity contribution in [1.29, 1.82) is 0 Å². The van der Waals surface area contributed by atoms with Crippen LogP contribution in [0.5, 0.6) is 5.75 Å². The van der Waals surface area contributed by atoms with Gasteiger partial charge in [-0.05, 0) is 54.3 Å². The Morgan fingerprint density at radius 1 is 1.00 bits per heavy atom. The molecule has 0 radical (unpaired) electrons. The number of aliphatic hydroxyl groups excluding tert-OH is 1. The molecule has 35 heavy (non-hydrogen) atoms. The lowest BCUT2D eigenvalue weighted by molar-refractivity contribution is -0.117. The third-order valence-electron chi connectivity index (χ3n) is 6.84. The van der Waals surface area contributed by atoms with Crippen molar-refractivity contribution in [3.63, 3.8) is 0 Å². The number of amides is 1. The normalized spacial score (nSPS) is 15.4. The fourth-order valence-electron chi connectivity index (χ4n) is 5.02. The van der Waals surface area contributed by atoms with Gasteiger partial charge < -0.3 is 20.5 Å². The number of nitrogens with zero attached hydrogens (tertiary/aromatic N) is 1. The molecule has 2 aliphatic rings. The molecule has 0 bridgehead atoms. The van der Waals surface area contributed by atoms with Crippen LogP contribution >= 0.6 is 0 Å². The number of carbonyl (C=O) groups is 2. The fraction of sp³-hybridized carbons (Fsp3) is 0.286. The molecular formula is C28H29N3O4. The first kappa shape index (κ1) is 23.1. The van der Waals surface area contributed by atoms with E-state index in [-0.39, 0.29) is 24.3 Å². The zero-order valence-electron chi connectivity index (χ0n) is 19.7. The van der Waals surface area contributed by atoms with Crippen LogP contribution in [0.15, 0.2) is 60.7 Å². The molecule has 3 aromatic rings. The highest BCUT2D eigenvalue weighted by molar-refractivity contribution is 6.22. The molecule has 0 spiro atoms. The number of ketones is 1. The summed E-state index contributed by atoms with van der Waals surface area (Å²) in [5, 5.41) is 16.3. The number of aliphatic hydroxyl groups is 1. The van der Waals surface area contributed by atoms with Gasteiger partial charge in [0.15, 0.2) is 5.78 Å². The maximum absolute atomic E-state index is 12.7. The molecule has 7 heteroatoms. The van der Waals surface area contributed by atoms with Gasteiger partial charge in [-0.15, -0.1) is 0 Å². The number of nitrogens with one attached hydrogen (secondary N) is 2. The quantitative estimate of drug-likeness (QED) is 0.379. The van der Waals surface area contributed by atoms with Gasteiger partial charge in [0.1, 0.15) is 5.75 Å². The number of methoxy groups -OCH3 is 1. The summed E-state index contributed by atoms with van der Waals surface area (Å²) in [5.41, 5.74) is 5.52. The number of fused-ring (bicyclic) bond motifs is 3. The number of benzene rings is 3. The predicted molar refractivity (Wildman–Crippen MR) is 136 cm³/mol. The molecule has 0 atom stereocenters. The molecule has 180 valence electrons. The van der Waals surface area contributed by atoms with Gasteiger partial charge >= 0.3 is 0 Å². The van der Waals surface area contributed by atoms with E-state index in [2.05, 4.69) is 15.5 Å². The Balaban J connectivity index is 1.16. The number of piperidine rings is 1. The summed E-state index contributed by atoms with van der Waals surface area (Å²) in [6.45, 7) is 1.83. The van der Waals surface area contributed by atoms with E-state index in [0.29, 0.717) is 29.1 Å². The highest BCUT2D eigenvalue weighted by Gasteiger charge is 2.27. The average Bonchev–Trinajstić information content (AvgIpc) is 3.16. The van der Waals surface area contributed by atoms with Gasteiger partial charge in [0.2, 0.25) is 5.91 Å². The van der Waals surface area contributed by atoms with Crippen LogP contribution in [-0.2, 0) is 11.4 Å². The highest BCUT2D eigenvalue weighted by atomic mass is 16.5. The number of hydrogen-bond acceptors (Lipinski definition) is 6. The summed E-state index contributed by atoms with van der Waals surface area (Å²) >= 11 is 0. The second-order valence-electron chi connectivity index (χ2n) is 9.02. The topological polar surface area (TPSA) is 90.9 Å². The lowest BCUT2D eigenvalue weighted by atomic mass is 10.0. The first-order valence-electron chi connectivity index (χ1n) is 11.9. The van der Waals surface area contributed by atoms with E-state index in [1.807, 2.05) is 48.5 Å². The first-order valence-corrected chi connectivity index (χ1v) is 11.9. The molecule has 5 rings (SSSR count). The second kappa shape index (κ2) is 9.90. The number of likely N-dealkylation sites (tertiary alicyclic amines) is 1. The van der Waals surface area contributed by atoms with Gasteiger partial charge in [-0.25, -0.2) is 0 Å². The summed E-state index contributed by atoms with van der Waals surface area (Å²) in [5.74, 6) is 0.639. The molecule has 0 aromatic heterocycles. The third-order valence-corrected chi connectivity index (χ3v) is 6.84. The van der Waals surface area contributed by atoms with Crippen LogP contribution in [0, 0.1) is 0 Å².